The zero-order valence-corrected chi connectivity index (χ0v) is 12.5. The molecule has 0 spiro atoms. The average molecular weight is 331 g/mol. The first-order valence-corrected chi connectivity index (χ1v) is 5.82. The lowest BCUT2D eigenvalue weighted by Crippen LogP contribution is -2.44. The van der Waals surface area contributed by atoms with E-state index in [0.29, 0.717) is 17.5 Å². The third-order valence-corrected chi connectivity index (χ3v) is 3.54. The van der Waals surface area contributed by atoms with Gasteiger partial charge in [-0.05, 0) is 37.6 Å². The Bertz CT molecular complexity index is 556. The lowest BCUT2D eigenvalue weighted by Gasteiger charge is -2.32. The molecule has 1 fully saturated rings. The van der Waals surface area contributed by atoms with Gasteiger partial charge in [-0.15, -0.1) is 17.0 Å². The summed E-state index contributed by atoms with van der Waals surface area (Å²) in [5.74, 6) is 0.616. The molecule has 0 bridgehead atoms. The number of rotatable bonds is 0. The Kier molecular flexibility index (Phi) is 3.15. The number of aliphatic imine (C=N–C) groups is 1. The molecule has 1 aromatic carbocycles. The van der Waals surface area contributed by atoms with Crippen LogP contribution in [0.25, 0.3) is 0 Å². The van der Waals surface area contributed by atoms with E-state index in [1.807, 2.05) is 36.9 Å². The number of carbonyl (C=O) groups excluding carboxylic acids is 1. The number of halogens is 2. The summed E-state index contributed by atoms with van der Waals surface area (Å²) in [6, 6.07) is 5.58. The summed E-state index contributed by atoms with van der Waals surface area (Å²) in [5, 5.41) is 3.50. The fourth-order valence-electron chi connectivity index (χ4n) is 2.14. The molecular formula is C12H13BrClN3O. The van der Waals surface area contributed by atoms with Crippen molar-refractivity contribution in [3.63, 3.8) is 0 Å². The number of hydrogen-bond donors (Lipinski definition) is 1. The molecule has 1 aromatic rings. The number of amides is 1. The smallest absolute Gasteiger partial charge is 0.252 e. The summed E-state index contributed by atoms with van der Waals surface area (Å²) >= 11 is 5.97. The number of carbonyl (C=O) groups is 1. The first-order chi connectivity index (χ1) is 7.98. The molecule has 0 unspecified atom stereocenters. The summed E-state index contributed by atoms with van der Waals surface area (Å²) in [6.07, 6.45) is 0. The molecule has 1 saturated heterocycles. The van der Waals surface area contributed by atoms with E-state index in [0.717, 1.165) is 11.3 Å². The Labute approximate surface area is 121 Å². The highest BCUT2D eigenvalue weighted by atomic mass is 79.9. The van der Waals surface area contributed by atoms with Gasteiger partial charge in [-0.25, -0.2) is 4.99 Å². The second-order valence-electron chi connectivity index (χ2n) is 4.81. The predicted octanol–water partition coefficient (Wildman–Crippen LogP) is 2.63. The molecule has 4 nitrogen and oxygen atoms in total. The Morgan fingerprint density at radius 1 is 1.44 bits per heavy atom. The Morgan fingerprint density at radius 3 is 2.89 bits per heavy atom. The van der Waals surface area contributed by atoms with E-state index >= 15 is 0 Å². The van der Waals surface area contributed by atoms with Gasteiger partial charge in [0.2, 0.25) is 5.96 Å². The maximum Gasteiger partial charge on any atom is 0.252 e. The van der Waals surface area contributed by atoms with Crippen molar-refractivity contribution < 1.29 is 4.79 Å². The molecular weight excluding hydrogens is 318 g/mol. The van der Waals surface area contributed by atoms with E-state index in [9.17, 15) is 4.79 Å². The zero-order chi connectivity index (χ0) is 12.2. The van der Waals surface area contributed by atoms with Crippen LogP contribution in [0.2, 0.25) is 5.02 Å². The molecule has 0 radical (unpaired) electrons. The van der Waals surface area contributed by atoms with Crippen LogP contribution in [0, 0.1) is 0 Å². The van der Waals surface area contributed by atoms with Gasteiger partial charge >= 0.3 is 0 Å². The highest BCUT2D eigenvalue weighted by Crippen LogP contribution is 2.34. The molecule has 1 amide bonds. The number of guanidine groups is 1. The largest absolute Gasteiger partial charge is 0.324 e. The molecule has 0 aliphatic carbocycles. The monoisotopic (exact) mass is 329 g/mol. The molecule has 2 heterocycles. The van der Waals surface area contributed by atoms with Crippen LogP contribution in [0.5, 0.6) is 0 Å². The lowest BCUT2D eigenvalue weighted by atomic mass is 10.0. The molecule has 18 heavy (non-hydrogen) atoms. The minimum absolute atomic E-state index is 0. The molecule has 0 aromatic heterocycles. The number of nitrogens with zero attached hydrogens (tertiary/aromatic N) is 2. The summed E-state index contributed by atoms with van der Waals surface area (Å²) in [6.45, 7) is 4.43. The van der Waals surface area contributed by atoms with E-state index in [1.54, 1.807) is 0 Å². The Morgan fingerprint density at radius 2 is 2.17 bits per heavy atom. The third-order valence-electron chi connectivity index (χ3n) is 3.31. The predicted molar refractivity (Wildman–Crippen MR) is 76.6 cm³/mol. The van der Waals surface area contributed by atoms with Gasteiger partial charge < -0.3 is 4.90 Å². The fraction of sp³-hybridized carbons (Fsp3) is 0.333. The van der Waals surface area contributed by atoms with Crippen molar-refractivity contribution in [2.45, 2.75) is 25.9 Å². The normalized spacial score (nSPS) is 19.4. The second kappa shape index (κ2) is 4.24. The van der Waals surface area contributed by atoms with Crippen LogP contribution < -0.4 is 5.32 Å². The van der Waals surface area contributed by atoms with Crippen LogP contribution in [-0.2, 0) is 11.3 Å². The topological polar surface area (TPSA) is 44.7 Å². The number of benzene rings is 1. The lowest BCUT2D eigenvalue weighted by molar-refractivity contribution is -0.125. The minimum Gasteiger partial charge on any atom is -0.324 e. The van der Waals surface area contributed by atoms with Gasteiger partial charge in [0.05, 0.1) is 5.69 Å². The van der Waals surface area contributed by atoms with E-state index in [2.05, 4.69) is 10.3 Å². The summed E-state index contributed by atoms with van der Waals surface area (Å²) in [5.41, 5.74) is 1.36. The van der Waals surface area contributed by atoms with Crippen LogP contribution in [0.4, 0.5) is 5.69 Å². The molecule has 2 aliphatic rings. The van der Waals surface area contributed by atoms with Crippen LogP contribution in [-0.4, -0.2) is 22.3 Å². The van der Waals surface area contributed by atoms with Gasteiger partial charge in [-0.3, -0.25) is 10.1 Å². The van der Waals surface area contributed by atoms with E-state index in [-0.39, 0.29) is 22.9 Å². The van der Waals surface area contributed by atoms with Crippen molar-refractivity contribution in [1.29, 1.82) is 0 Å². The van der Waals surface area contributed by atoms with Gasteiger partial charge in [0.1, 0.15) is 5.54 Å². The fourth-order valence-corrected chi connectivity index (χ4v) is 2.34. The van der Waals surface area contributed by atoms with Crippen molar-refractivity contribution in [1.82, 2.24) is 10.2 Å². The summed E-state index contributed by atoms with van der Waals surface area (Å²) < 4.78 is 0. The van der Waals surface area contributed by atoms with Crippen LogP contribution in [0.1, 0.15) is 19.4 Å². The maximum atomic E-state index is 11.8. The zero-order valence-electron chi connectivity index (χ0n) is 10.0. The molecule has 3 rings (SSSR count). The summed E-state index contributed by atoms with van der Waals surface area (Å²) in [4.78, 5) is 18.2. The molecule has 0 atom stereocenters. The maximum absolute atomic E-state index is 11.8. The quantitative estimate of drug-likeness (QED) is 0.795. The molecule has 0 saturated carbocycles. The van der Waals surface area contributed by atoms with Crippen LogP contribution in [0.3, 0.4) is 0 Å². The molecule has 1 N–H and O–H groups in total. The SMILES string of the molecule is Br.CC1(C)C(=O)NC2=Nc3ccc(Cl)cc3CN21. The number of nitrogens with one attached hydrogen (secondary N) is 1. The average Bonchev–Trinajstić information content (AvgIpc) is 2.48. The minimum atomic E-state index is -0.557. The summed E-state index contributed by atoms with van der Waals surface area (Å²) in [7, 11) is 0. The van der Waals surface area contributed by atoms with Crippen molar-refractivity contribution in [3.8, 4) is 0 Å². The standard InChI is InChI=1S/C12H12ClN3O.BrH/c1-12(2)10(17)15-11-14-9-4-3-8(13)5-7(9)6-16(11)12;/h3-5H,6H2,1-2H3,(H,14,15,17);1H. The van der Waals surface area contributed by atoms with Gasteiger partial charge in [0, 0.05) is 11.6 Å². The van der Waals surface area contributed by atoms with E-state index in [4.69, 9.17) is 11.6 Å². The van der Waals surface area contributed by atoms with Crippen LogP contribution >= 0.6 is 28.6 Å². The molecule has 2 aliphatic heterocycles. The van der Waals surface area contributed by atoms with E-state index in [1.165, 1.54) is 0 Å². The second-order valence-corrected chi connectivity index (χ2v) is 5.24. The van der Waals surface area contributed by atoms with Gasteiger partial charge in [0.25, 0.3) is 5.91 Å². The number of hydrogen-bond acceptors (Lipinski definition) is 3. The Hall–Kier alpha value is -1.07. The van der Waals surface area contributed by atoms with E-state index < -0.39 is 5.54 Å². The highest BCUT2D eigenvalue weighted by Gasteiger charge is 2.45. The third kappa shape index (κ3) is 1.82. The van der Waals surface area contributed by atoms with Crippen molar-refractivity contribution in [2.75, 3.05) is 0 Å². The van der Waals surface area contributed by atoms with Crippen molar-refractivity contribution in [2.24, 2.45) is 4.99 Å². The van der Waals surface area contributed by atoms with Crippen molar-refractivity contribution in [3.05, 3.63) is 28.8 Å². The van der Waals surface area contributed by atoms with Gasteiger partial charge in [-0.2, -0.15) is 0 Å². The Balaban J connectivity index is 0.00000120. The first-order valence-electron chi connectivity index (χ1n) is 5.45. The number of fused-ring (bicyclic) bond motifs is 2. The van der Waals surface area contributed by atoms with Crippen LogP contribution in [0.15, 0.2) is 23.2 Å². The van der Waals surface area contributed by atoms with Gasteiger partial charge in [0.15, 0.2) is 0 Å². The first kappa shape index (κ1) is 13.4. The highest BCUT2D eigenvalue weighted by molar-refractivity contribution is 8.93. The molecule has 96 valence electrons. The van der Waals surface area contributed by atoms with Gasteiger partial charge in [-0.1, -0.05) is 11.6 Å². The van der Waals surface area contributed by atoms with Crippen molar-refractivity contribution >= 4 is 46.1 Å². The molecule has 6 heteroatoms.